The predicted octanol–water partition coefficient (Wildman–Crippen LogP) is 3.53. The van der Waals surface area contributed by atoms with Crippen LogP contribution in [0.25, 0.3) is 0 Å². The largest absolute Gasteiger partial charge is 0.381 e. The van der Waals surface area contributed by atoms with Gasteiger partial charge < -0.3 is 10.1 Å². The maximum absolute atomic E-state index is 5.49. The monoisotopic (exact) mass is 297 g/mol. The highest BCUT2D eigenvalue weighted by molar-refractivity contribution is 9.10. The normalized spacial score (nSPS) is 22.4. The minimum atomic E-state index is 0.407. The van der Waals surface area contributed by atoms with Crippen LogP contribution in [0.1, 0.15) is 31.4 Å². The lowest BCUT2D eigenvalue weighted by Crippen LogP contribution is -2.30. The molecule has 0 amide bonds. The molecule has 0 radical (unpaired) electrons. The van der Waals surface area contributed by atoms with E-state index < -0.39 is 0 Å². The second kappa shape index (κ2) is 6.53. The molecule has 1 aliphatic rings. The third-order valence-electron chi connectivity index (χ3n) is 3.34. The van der Waals surface area contributed by atoms with E-state index in [1.807, 2.05) is 0 Å². The summed E-state index contributed by atoms with van der Waals surface area (Å²) in [6.45, 7) is 5.13. The Morgan fingerprint density at radius 3 is 2.82 bits per heavy atom. The molecule has 0 bridgehead atoms. The summed E-state index contributed by atoms with van der Waals surface area (Å²) in [7, 11) is 0. The molecule has 1 aliphatic heterocycles. The third-order valence-corrected chi connectivity index (χ3v) is 3.87. The lowest BCUT2D eigenvalue weighted by molar-refractivity contribution is 0.0540. The molecule has 1 heterocycles. The van der Waals surface area contributed by atoms with Gasteiger partial charge in [-0.1, -0.05) is 28.1 Å². The Hall–Kier alpha value is -0.380. The molecule has 2 rings (SSSR count). The van der Waals surface area contributed by atoms with Crippen molar-refractivity contribution < 1.29 is 4.74 Å². The van der Waals surface area contributed by atoms with E-state index in [9.17, 15) is 0 Å². The SMILES string of the molecule is C[C@H](NCC1CCCOC1)c1ccc(Br)cc1. The Bertz CT molecular complexity index is 333. The summed E-state index contributed by atoms with van der Waals surface area (Å²) in [6, 6.07) is 8.93. The maximum Gasteiger partial charge on any atom is 0.0506 e. The van der Waals surface area contributed by atoms with Crippen LogP contribution in [0.2, 0.25) is 0 Å². The molecular weight excluding hydrogens is 278 g/mol. The van der Waals surface area contributed by atoms with Crippen molar-refractivity contribution in [2.45, 2.75) is 25.8 Å². The van der Waals surface area contributed by atoms with Crippen molar-refractivity contribution in [3.05, 3.63) is 34.3 Å². The van der Waals surface area contributed by atoms with Gasteiger partial charge in [0.25, 0.3) is 0 Å². The second-order valence-corrected chi connectivity index (χ2v) is 5.68. The van der Waals surface area contributed by atoms with Crippen LogP contribution in [-0.4, -0.2) is 19.8 Å². The highest BCUT2D eigenvalue weighted by Crippen LogP contribution is 2.18. The fourth-order valence-corrected chi connectivity index (χ4v) is 2.45. The molecule has 1 N–H and O–H groups in total. The first-order valence-corrected chi connectivity index (χ1v) is 7.11. The number of rotatable bonds is 4. The Labute approximate surface area is 112 Å². The molecule has 0 spiro atoms. The van der Waals surface area contributed by atoms with Crippen molar-refractivity contribution in [2.75, 3.05) is 19.8 Å². The fraction of sp³-hybridized carbons (Fsp3) is 0.571. The molecule has 1 saturated heterocycles. The summed E-state index contributed by atoms with van der Waals surface area (Å²) >= 11 is 3.46. The van der Waals surface area contributed by atoms with E-state index in [0.717, 1.165) is 24.2 Å². The van der Waals surface area contributed by atoms with Gasteiger partial charge in [0.15, 0.2) is 0 Å². The van der Waals surface area contributed by atoms with Gasteiger partial charge in [-0.15, -0.1) is 0 Å². The summed E-state index contributed by atoms with van der Waals surface area (Å²) in [5.41, 5.74) is 1.34. The van der Waals surface area contributed by atoms with Gasteiger partial charge in [0.05, 0.1) is 6.61 Å². The molecule has 1 fully saturated rings. The average molecular weight is 298 g/mol. The highest BCUT2D eigenvalue weighted by Gasteiger charge is 2.14. The van der Waals surface area contributed by atoms with Gasteiger partial charge in [-0.2, -0.15) is 0 Å². The standard InChI is InChI=1S/C14H20BrNO/c1-11(13-4-6-14(15)7-5-13)16-9-12-3-2-8-17-10-12/h4-7,11-12,16H,2-3,8-10H2,1H3/t11-,12?/m0/s1. The van der Waals surface area contributed by atoms with Gasteiger partial charge in [-0.3, -0.25) is 0 Å². The molecule has 1 aromatic carbocycles. The molecule has 94 valence electrons. The molecule has 3 heteroatoms. The zero-order valence-electron chi connectivity index (χ0n) is 10.3. The molecular formula is C14H20BrNO. The predicted molar refractivity (Wildman–Crippen MR) is 74.1 cm³/mol. The van der Waals surface area contributed by atoms with Crippen LogP contribution >= 0.6 is 15.9 Å². The van der Waals surface area contributed by atoms with Crippen LogP contribution in [-0.2, 0) is 4.74 Å². The van der Waals surface area contributed by atoms with E-state index in [4.69, 9.17) is 4.74 Å². The minimum absolute atomic E-state index is 0.407. The average Bonchev–Trinajstić information content (AvgIpc) is 2.38. The first-order chi connectivity index (χ1) is 8.25. The smallest absolute Gasteiger partial charge is 0.0506 e. The molecule has 0 aromatic heterocycles. The van der Waals surface area contributed by atoms with Gasteiger partial charge in [0.1, 0.15) is 0 Å². The highest BCUT2D eigenvalue weighted by atomic mass is 79.9. The molecule has 2 nitrogen and oxygen atoms in total. The Balaban J connectivity index is 1.80. The molecule has 0 saturated carbocycles. The van der Waals surface area contributed by atoms with Gasteiger partial charge >= 0.3 is 0 Å². The van der Waals surface area contributed by atoms with Gasteiger partial charge in [0.2, 0.25) is 0 Å². The summed E-state index contributed by atoms with van der Waals surface area (Å²) in [5, 5.41) is 3.59. The summed E-state index contributed by atoms with van der Waals surface area (Å²) in [6.07, 6.45) is 2.50. The van der Waals surface area contributed by atoms with Crippen LogP contribution in [0, 0.1) is 5.92 Å². The molecule has 17 heavy (non-hydrogen) atoms. The first-order valence-electron chi connectivity index (χ1n) is 6.32. The van der Waals surface area contributed by atoms with E-state index in [1.165, 1.54) is 18.4 Å². The van der Waals surface area contributed by atoms with Crippen molar-refractivity contribution in [3.8, 4) is 0 Å². The van der Waals surface area contributed by atoms with Crippen molar-refractivity contribution in [1.82, 2.24) is 5.32 Å². The van der Waals surface area contributed by atoms with Crippen molar-refractivity contribution in [1.29, 1.82) is 0 Å². The van der Waals surface area contributed by atoms with E-state index in [1.54, 1.807) is 0 Å². The van der Waals surface area contributed by atoms with Gasteiger partial charge in [0, 0.05) is 23.7 Å². The summed E-state index contributed by atoms with van der Waals surface area (Å²) < 4.78 is 6.62. The molecule has 2 atom stereocenters. The number of ether oxygens (including phenoxy) is 1. The van der Waals surface area contributed by atoms with E-state index in [0.29, 0.717) is 12.0 Å². The number of hydrogen-bond donors (Lipinski definition) is 1. The van der Waals surface area contributed by atoms with E-state index in [2.05, 4.69) is 52.4 Å². The lowest BCUT2D eigenvalue weighted by atomic mass is 10.0. The van der Waals surface area contributed by atoms with Crippen molar-refractivity contribution in [3.63, 3.8) is 0 Å². The Morgan fingerprint density at radius 2 is 2.18 bits per heavy atom. The first kappa shape index (κ1) is 13.1. The minimum Gasteiger partial charge on any atom is -0.381 e. The molecule has 1 aromatic rings. The van der Waals surface area contributed by atoms with Crippen LogP contribution in [0.15, 0.2) is 28.7 Å². The lowest BCUT2D eigenvalue weighted by Gasteiger charge is -2.24. The Morgan fingerprint density at radius 1 is 1.41 bits per heavy atom. The number of halogens is 1. The van der Waals surface area contributed by atoms with Crippen LogP contribution < -0.4 is 5.32 Å². The number of benzene rings is 1. The molecule has 0 aliphatic carbocycles. The molecule has 1 unspecified atom stereocenters. The summed E-state index contributed by atoms with van der Waals surface area (Å²) in [5.74, 6) is 0.682. The van der Waals surface area contributed by atoms with Crippen LogP contribution in [0.5, 0.6) is 0 Å². The quantitative estimate of drug-likeness (QED) is 0.918. The number of nitrogens with one attached hydrogen (secondary N) is 1. The second-order valence-electron chi connectivity index (χ2n) is 4.76. The van der Waals surface area contributed by atoms with Crippen LogP contribution in [0.4, 0.5) is 0 Å². The number of hydrogen-bond acceptors (Lipinski definition) is 2. The fourth-order valence-electron chi connectivity index (χ4n) is 2.18. The zero-order chi connectivity index (χ0) is 12.1. The van der Waals surface area contributed by atoms with Crippen molar-refractivity contribution >= 4 is 15.9 Å². The van der Waals surface area contributed by atoms with E-state index in [-0.39, 0.29) is 0 Å². The summed E-state index contributed by atoms with van der Waals surface area (Å²) in [4.78, 5) is 0. The van der Waals surface area contributed by atoms with E-state index >= 15 is 0 Å². The van der Waals surface area contributed by atoms with Gasteiger partial charge in [-0.25, -0.2) is 0 Å². The maximum atomic E-state index is 5.49. The topological polar surface area (TPSA) is 21.3 Å². The zero-order valence-corrected chi connectivity index (χ0v) is 11.9. The van der Waals surface area contributed by atoms with Crippen molar-refractivity contribution in [2.24, 2.45) is 5.92 Å². The third kappa shape index (κ3) is 4.09. The van der Waals surface area contributed by atoms with Gasteiger partial charge in [-0.05, 0) is 43.4 Å². The van der Waals surface area contributed by atoms with Crippen LogP contribution in [0.3, 0.4) is 0 Å². The Kier molecular flexibility index (Phi) is 5.01.